The first-order valence-electron chi connectivity index (χ1n) is 4.05. The third kappa shape index (κ3) is 3.67. The van der Waals surface area contributed by atoms with E-state index in [9.17, 15) is 5.11 Å². The highest BCUT2D eigenvalue weighted by atomic mass is 127. The Morgan fingerprint density at radius 2 is 2.46 bits per heavy atom. The molecule has 1 rings (SSSR count). The van der Waals surface area contributed by atoms with Crippen molar-refractivity contribution in [3.8, 4) is 11.8 Å². The van der Waals surface area contributed by atoms with Crippen LogP contribution in [0.2, 0.25) is 0 Å². The number of thiophene rings is 1. The van der Waals surface area contributed by atoms with E-state index in [1.165, 1.54) is 2.88 Å². The Morgan fingerprint density at radius 1 is 1.69 bits per heavy atom. The Kier molecular flexibility index (Phi) is 4.78. The van der Waals surface area contributed by atoms with Gasteiger partial charge in [0.1, 0.15) is 0 Å². The quantitative estimate of drug-likeness (QED) is 0.672. The molecule has 70 valence electrons. The molecule has 1 N–H and O–H groups in total. The first-order valence-corrected chi connectivity index (χ1v) is 6.01. The van der Waals surface area contributed by atoms with Crippen molar-refractivity contribution < 1.29 is 5.11 Å². The number of rotatable bonds is 3. The molecule has 0 bridgehead atoms. The Morgan fingerprint density at radius 3 is 3.00 bits per heavy atom. The number of aliphatic hydroxyl groups is 1. The standard InChI is InChI=1S/C10H11IOS/c1-2-3-4-5-9(12)8-6-10(11)13-7-8/h6-7,9,12H,4-5H2,1H3. The largest absolute Gasteiger partial charge is 0.388 e. The summed E-state index contributed by atoms with van der Waals surface area (Å²) in [5.41, 5.74) is 1.02. The molecule has 0 amide bonds. The minimum absolute atomic E-state index is 0.347. The van der Waals surface area contributed by atoms with Crippen LogP contribution in [0.15, 0.2) is 11.4 Å². The zero-order valence-electron chi connectivity index (χ0n) is 7.38. The molecule has 1 unspecified atom stereocenters. The molecule has 0 saturated carbocycles. The molecule has 3 heteroatoms. The van der Waals surface area contributed by atoms with E-state index >= 15 is 0 Å². The molecule has 0 aromatic carbocycles. The van der Waals surface area contributed by atoms with Gasteiger partial charge in [-0.15, -0.1) is 23.2 Å². The minimum atomic E-state index is -0.347. The summed E-state index contributed by atoms with van der Waals surface area (Å²) in [6.45, 7) is 1.82. The van der Waals surface area contributed by atoms with Gasteiger partial charge in [-0.3, -0.25) is 0 Å². The fourth-order valence-electron chi connectivity index (χ4n) is 0.999. The highest BCUT2D eigenvalue weighted by Crippen LogP contribution is 2.24. The lowest BCUT2D eigenvalue weighted by Gasteiger charge is -2.04. The summed E-state index contributed by atoms with van der Waals surface area (Å²) in [6.07, 6.45) is 1.15. The van der Waals surface area contributed by atoms with Crippen molar-refractivity contribution in [3.05, 3.63) is 19.9 Å². The van der Waals surface area contributed by atoms with E-state index in [1.807, 2.05) is 18.4 Å². The maximum atomic E-state index is 9.70. The molecule has 0 saturated heterocycles. The molecule has 0 spiro atoms. The van der Waals surface area contributed by atoms with Gasteiger partial charge in [0.25, 0.3) is 0 Å². The first-order chi connectivity index (χ1) is 6.24. The summed E-state index contributed by atoms with van der Waals surface area (Å²) in [4.78, 5) is 0. The average molecular weight is 306 g/mol. The van der Waals surface area contributed by atoms with Crippen LogP contribution >= 0.6 is 33.9 Å². The second-order valence-electron chi connectivity index (χ2n) is 2.67. The van der Waals surface area contributed by atoms with Crippen LogP contribution in [-0.2, 0) is 0 Å². The molecule has 0 aliphatic carbocycles. The van der Waals surface area contributed by atoms with Crippen molar-refractivity contribution in [1.29, 1.82) is 0 Å². The SMILES string of the molecule is CC#CCCC(O)c1csc(I)c1. The molecule has 1 nitrogen and oxygen atoms in total. The van der Waals surface area contributed by atoms with Crippen molar-refractivity contribution >= 4 is 33.9 Å². The van der Waals surface area contributed by atoms with Crippen molar-refractivity contribution in [3.63, 3.8) is 0 Å². The van der Waals surface area contributed by atoms with Gasteiger partial charge in [0.15, 0.2) is 0 Å². The summed E-state index contributed by atoms with van der Waals surface area (Å²) < 4.78 is 1.22. The van der Waals surface area contributed by atoms with E-state index in [4.69, 9.17) is 0 Å². The highest BCUT2D eigenvalue weighted by Gasteiger charge is 2.07. The van der Waals surface area contributed by atoms with Gasteiger partial charge >= 0.3 is 0 Å². The van der Waals surface area contributed by atoms with Crippen molar-refractivity contribution in [2.45, 2.75) is 25.9 Å². The third-order valence-electron chi connectivity index (χ3n) is 1.69. The number of hydrogen-bond donors (Lipinski definition) is 1. The average Bonchev–Trinajstić information content (AvgIpc) is 2.52. The molecule has 1 aromatic heterocycles. The lowest BCUT2D eigenvalue weighted by molar-refractivity contribution is 0.170. The van der Waals surface area contributed by atoms with Crippen LogP contribution in [0.4, 0.5) is 0 Å². The molecule has 0 fully saturated rings. The normalized spacial score (nSPS) is 11.9. The number of aliphatic hydroxyl groups excluding tert-OH is 1. The lowest BCUT2D eigenvalue weighted by Crippen LogP contribution is -1.94. The maximum absolute atomic E-state index is 9.70. The number of hydrogen-bond acceptors (Lipinski definition) is 2. The third-order valence-corrected chi connectivity index (χ3v) is 3.50. The van der Waals surface area contributed by atoms with Gasteiger partial charge in [-0.1, -0.05) is 0 Å². The van der Waals surface area contributed by atoms with Crippen molar-refractivity contribution in [1.82, 2.24) is 0 Å². The summed E-state index contributed by atoms with van der Waals surface area (Å²) in [5, 5.41) is 11.7. The molecule has 1 atom stereocenters. The highest BCUT2D eigenvalue weighted by molar-refractivity contribution is 14.1. The summed E-state index contributed by atoms with van der Waals surface area (Å²) in [7, 11) is 0. The van der Waals surface area contributed by atoms with Gasteiger partial charge in [0.2, 0.25) is 0 Å². The summed E-state index contributed by atoms with van der Waals surface area (Å²) in [5.74, 6) is 5.77. The van der Waals surface area contributed by atoms with Crippen LogP contribution in [0.25, 0.3) is 0 Å². The minimum Gasteiger partial charge on any atom is -0.388 e. The van der Waals surface area contributed by atoms with E-state index < -0.39 is 0 Å². The van der Waals surface area contributed by atoms with E-state index in [-0.39, 0.29) is 6.10 Å². The molecule has 0 aliphatic rings. The second kappa shape index (κ2) is 5.63. The van der Waals surface area contributed by atoms with Crippen molar-refractivity contribution in [2.75, 3.05) is 0 Å². The van der Waals surface area contributed by atoms with Crippen molar-refractivity contribution in [2.24, 2.45) is 0 Å². The molecule has 1 heterocycles. The monoisotopic (exact) mass is 306 g/mol. The fourth-order valence-corrected chi connectivity index (χ4v) is 2.42. The van der Waals surface area contributed by atoms with Crippen LogP contribution < -0.4 is 0 Å². The Labute approximate surface area is 96.3 Å². The first kappa shape index (κ1) is 11.0. The smallest absolute Gasteiger partial charge is 0.0807 e. The second-order valence-corrected chi connectivity index (χ2v) is 5.47. The van der Waals surface area contributed by atoms with Crippen LogP contribution in [0.1, 0.15) is 31.4 Å². The Bertz CT molecular complexity index is 321. The molecular weight excluding hydrogens is 295 g/mol. The fraction of sp³-hybridized carbons (Fsp3) is 0.400. The molecule has 1 aromatic rings. The van der Waals surface area contributed by atoms with E-state index in [1.54, 1.807) is 11.3 Å². The van der Waals surface area contributed by atoms with E-state index in [0.717, 1.165) is 18.4 Å². The van der Waals surface area contributed by atoms with Gasteiger partial charge < -0.3 is 5.11 Å². The summed E-state index contributed by atoms with van der Waals surface area (Å²) in [6, 6.07) is 2.02. The lowest BCUT2D eigenvalue weighted by atomic mass is 10.1. The predicted octanol–water partition coefficient (Wildman–Crippen LogP) is 3.19. The van der Waals surface area contributed by atoms with E-state index in [0.29, 0.717) is 0 Å². The number of halogens is 1. The summed E-state index contributed by atoms with van der Waals surface area (Å²) >= 11 is 3.92. The topological polar surface area (TPSA) is 20.2 Å². The van der Waals surface area contributed by atoms with Gasteiger partial charge in [-0.25, -0.2) is 0 Å². The molecule has 13 heavy (non-hydrogen) atoms. The molecular formula is C10H11IOS. The Hall–Kier alpha value is -0.0500. The molecule has 0 aliphatic heterocycles. The zero-order chi connectivity index (χ0) is 9.68. The van der Waals surface area contributed by atoms with Crippen LogP contribution in [0.3, 0.4) is 0 Å². The van der Waals surface area contributed by atoms with Gasteiger partial charge in [-0.05, 0) is 52.9 Å². The van der Waals surface area contributed by atoms with Gasteiger partial charge in [-0.2, -0.15) is 0 Å². The maximum Gasteiger partial charge on any atom is 0.0807 e. The predicted molar refractivity (Wildman–Crippen MR) is 64.7 cm³/mol. The van der Waals surface area contributed by atoms with E-state index in [2.05, 4.69) is 34.4 Å². The Balaban J connectivity index is 2.47. The molecule has 0 radical (unpaired) electrons. The van der Waals surface area contributed by atoms with Crippen LogP contribution in [0.5, 0.6) is 0 Å². The van der Waals surface area contributed by atoms with Gasteiger partial charge in [0.05, 0.1) is 8.99 Å². The zero-order valence-corrected chi connectivity index (χ0v) is 10.4. The van der Waals surface area contributed by atoms with Crippen LogP contribution in [0, 0.1) is 14.7 Å². The van der Waals surface area contributed by atoms with Gasteiger partial charge in [0, 0.05) is 6.42 Å². The van der Waals surface area contributed by atoms with Crippen LogP contribution in [-0.4, -0.2) is 5.11 Å².